The van der Waals surface area contributed by atoms with Crippen LogP contribution in [0.3, 0.4) is 0 Å². The Hall–Kier alpha value is -2.59. The molecule has 2 aromatic carbocycles. The summed E-state index contributed by atoms with van der Waals surface area (Å²) in [6.07, 6.45) is 1.02. The van der Waals surface area contributed by atoms with E-state index in [0.29, 0.717) is 5.75 Å². The van der Waals surface area contributed by atoms with Crippen LogP contribution in [0.4, 0.5) is 5.69 Å². The summed E-state index contributed by atoms with van der Waals surface area (Å²) in [5.74, 6) is -0.552. The maximum absolute atomic E-state index is 13.3. The zero-order valence-electron chi connectivity index (χ0n) is 17.8. The number of hydrogen-bond acceptors (Lipinski definition) is 5. The van der Waals surface area contributed by atoms with Crippen molar-refractivity contribution in [2.24, 2.45) is 0 Å². The average Bonchev–Trinajstić information content (AvgIpc) is 2.75. The number of ether oxygens (including phenoxy) is 1. The Labute approximate surface area is 191 Å². The zero-order valence-corrected chi connectivity index (χ0v) is 20.2. The van der Waals surface area contributed by atoms with Gasteiger partial charge in [-0.15, -0.1) is 0 Å². The highest BCUT2D eigenvalue weighted by Gasteiger charge is 2.30. The van der Waals surface area contributed by atoms with Crippen LogP contribution in [0.2, 0.25) is 0 Å². The van der Waals surface area contributed by atoms with Crippen LogP contribution >= 0.6 is 15.9 Å². The van der Waals surface area contributed by atoms with Crippen molar-refractivity contribution >= 4 is 43.5 Å². The molecule has 0 heterocycles. The largest absolute Gasteiger partial charge is 0.495 e. The molecule has 0 unspecified atom stereocenters. The van der Waals surface area contributed by atoms with Gasteiger partial charge >= 0.3 is 0 Å². The standard InChI is InChI=1S/C21H26BrN3O5S/c1-15(21(27)23-2)24(13-16-9-11-17(22)12-10-16)20(26)14-25(31(4,28)29)18-7-5-6-8-19(18)30-3/h5-12,15H,13-14H2,1-4H3,(H,23,27)/t15-/m0/s1. The van der Waals surface area contributed by atoms with E-state index in [9.17, 15) is 18.0 Å². The van der Waals surface area contributed by atoms with Gasteiger partial charge in [0.15, 0.2) is 0 Å². The van der Waals surface area contributed by atoms with Crippen molar-refractivity contribution in [2.45, 2.75) is 19.5 Å². The van der Waals surface area contributed by atoms with Gasteiger partial charge in [0.25, 0.3) is 0 Å². The number of para-hydroxylation sites is 2. The summed E-state index contributed by atoms with van der Waals surface area (Å²) in [6, 6.07) is 13.1. The monoisotopic (exact) mass is 511 g/mol. The molecule has 31 heavy (non-hydrogen) atoms. The number of anilines is 1. The number of likely N-dealkylation sites (N-methyl/N-ethyl adjacent to an activating group) is 1. The topological polar surface area (TPSA) is 96.0 Å². The molecule has 2 aromatic rings. The van der Waals surface area contributed by atoms with Gasteiger partial charge in [0, 0.05) is 18.1 Å². The first-order chi connectivity index (χ1) is 14.6. The first-order valence-corrected chi connectivity index (χ1v) is 12.1. The van der Waals surface area contributed by atoms with Crippen LogP contribution in [-0.4, -0.2) is 58.1 Å². The van der Waals surface area contributed by atoms with Crippen LogP contribution < -0.4 is 14.4 Å². The maximum Gasteiger partial charge on any atom is 0.244 e. The van der Waals surface area contributed by atoms with Crippen LogP contribution in [0.1, 0.15) is 12.5 Å². The summed E-state index contributed by atoms with van der Waals surface area (Å²) in [7, 11) is -0.900. The Morgan fingerprint density at radius 2 is 1.74 bits per heavy atom. The quantitative estimate of drug-likeness (QED) is 0.557. The molecular weight excluding hydrogens is 486 g/mol. The molecule has 8 nitrogen and oxygen atoms in total. The minimum atomic E-state index is -3.81. The Morgan fingerprint density at radius 1 is 1.13 bits per heavy atom. The van der Waals surface area contributed by atoms with E-state index >= 15 is 0 Å². The van der Waals surface area contributed by atoms with Gasteiger partial charge in [-0.05, 0) is 36.8 Å². The summed E-state index contributed by atoms with van der Waals surface area (Å²) in [4.78, 5) is 26.9. The number of halogens is 1. The lowest BCUT2D eigenvalue weighted by Gasteiger charge is -2.31. The molecule has 0 bridgehead atoms. The van der Waals surface area contributed by atoms with Crippen molar-refractivity contribution in [2.75, 3.05) is 31.3 Å². The molecule has 2 rings (SSSR count). The number of rotatable bonds is 9. The summed E-state index contributed by atoms with van der Waals surface area (Å²) >= 11 is 3.37. The van der Waals surface area contributed by atoms with Crippen molar-refractivity contribution in [3.63, 3.8) is 0 Å². The molecule has 0 aliphatic rings. The van der Waals surface area contributed by atoms with Gasteiger partial charge in [0.05, 0.1) is 19.1 Å². The fourth-order valence-electron chi connectivity index (χ4n) is 3.01. The van der Waals surface area contributed by atoms with E-state index in [1.165, 1.54) is 19.1 Å². The SMILES string of the molecule is CNC(=O)[C@H](C)N(Cc1ccc(Br)cc1)C(=O)CN(c1ccccc1OC)S(C)(=O)=O. The third-order valence-electron chi connectivity index (χ3n) is 4.71. The Kier molecular flexibility index (Phi) is 8.46. The highest BCUT2D eigenvalue weighted by Crippen LogP contribution is 2.29. The molecule has 0 saturated heterocycles. The van der Waals surface area contributed by atoms with Crippen molar-refractivity contribution in [3.05, 3.63) is 58.6 Å². The molecule has 168 valence electrons. The van der Waals surface area contributed by atoms with Crippen LogP contribution in [-0.2, 0) is 26.2 Å². The van der Waals surface area contributed by atoms with Crippen molar-refractivity contribution in [1.82, 2.24) is 10.2 Å². The second-order valence-electron chi connectivity index (χ2n) is 6.88. The fraction of sp³-hybridized carbons (Fsp3) is 0.333. The minimum Gasteiger partial charge on any atom is -0.495 e. The summed E-state index contributed by atoms with van der Waals surface area (Å²) in [5.41, 5.74) is 1.05. The van der Waals surface area contributed by atoms with Gasteiger partial charge in [0.2, 0.25) is 21.8 Å². The molecule has 0 aromatic heterocycles. The molecule has 0 radical (unpaired) electrons. The van der Waals surface area contributed by atoms with E-state index in [1.54, 1.807) is 31.2 Å². The highest BCUT2D eigenvalue weighted by molar-refractivity contribution is 9.10. The smallest absolute Gasteiger partial charge is 0.244 e. The number of carbonyl (C=O) groups excluding carboxylic acids is 2. The third-order valence-corrected chi connectivity index (χ3v) is 6.37. The van der Waals surface area contributed by atoms with Crippen molar-refractivity contribution < 1.29 is 22.7 Å². The third kappa shape index (κ3) is 6.44. The van der Waals surface area contributed by atoms with E-state index in [1.807, 2.05) is 24.3 Å². The highest BCUT2D eigenvalue weighted by atomic mass is 79.9. The molecule has 0 aliphatic heterocycles. The number of nitrogens with one attached hydrogen (secondary N) is 1. The van der Waals surface area contributed by atoms with Gasteiger partial charge in [-0.3, -0.25) is 13.9 Å². The molecule has 2 amide bonds. The first kappa shape index (κ1) is 24.7. The van der Waals surface area contributed by atoms with E-state index in [-0.39, 0.29) is 18.1 Å². The molecular formula is C21H26BrN3O5S. The predicted octanol–water partition coefficient (Wildman–Crippen LogP) is 2.39. The van der Waals surface area contributed by atoms with Crippen LogP contribution in [0.5, 0.6) is 5.75 Å². The van der Waals surface area contributed by atoms with E-state index in [4.69, 9.17) is 4.74 Å². The molecule has 10 heteroatoms. The maximum atomic E-state index is 13.3. The molecule has 0 spiro atoms. The van der Waals surface area contributed by atoms with E-state index in [2.05, 4.69) is 21.2 Å². The number of carbonyl (C=O) groups is 2. The lowest BCUT2D eigenvalue weighted by molar-refractivity contribution is -0.139. The normalized spacial score (nSPS) is 12.0. The number of hydrogen-bond donors (Lipinski definition) is 1. The molecule has 1 N–H and O–H groups in total. The van der Waals surface area contributed by atoms with Gasteiger partial charge in [0.1, 0.15) is 18.3 Å². The minimum absolute atomic E-state index is 0.143. The number of amides is 2. The number of benzene rings is 2. The summed E-state index contributed by atoms with van der Waals surface area (Å²) in [5, 5.41) is 2.54. The molecule has 0 aliphatic carbocycles. The van der Waals surface area contributed by atoms with Crippen LogP contribution in [0.15, 0.2) is 53.0 Å². The summed E-state index contributed by atoms with van der Waals surface area (Å²) in [6.45, 7) is 1.27. The van der Waals surface area contributed by atoms with Gasteiger partial charge < -0.3 is 15.0 Å². The van der Waals surface area contributed by atoms with Crippen molar-refractivity contribution in [3.8, 4) is 5.75 Å². The van der Waals surface area contributed by atoms with Gasteiger partial charge in [-0.25, -0.2) is 8.42 Å². The zero-order chi connectivity index (χ0) is 23.2. The van der Waals surface area contributed by atoms with Crippen LogP contribution in [0.25, 0.3) is 0 Å². The van der Waals surface area contributed by atoms with Crippen molar-refractivity contribution in [1.29, 1.82) is 0 Å². The first-order valence-electron chi connectivity index (χ1n) is 9.44. The van der Waals surface area contributed by atoms with Gasteiger partial charge in [-0.2, -0.15) is 0 Å². The second-order valence-corrected chi connectivity index (χ2v) is 9.70. The molecule has 0 fully saturated rings. The van der Waals surface area contributed by atoms with E-state index < -0.39 is 28.5 Å². The lowest BCUT2D eigenvalue weighted by Crippen LogP contribution is -2.50. The Bertz CT molecular complexity index is 1030. The lowest BCUT2D eigenvalue weighted by atomic mass is 10.1. The van der Waals surface area contributed by atoms with Gasteiger partial charge in [-0.1, -0.05) is 40.2 Å². The second kappa shape index (κ2) is 10.6. The molecule has 0 saturated carbocycles. The van der Waals surface area contributed by atoms with E-state index in [0.717, 1.165) is 20.6 Å². The summed E-state index contributed by atoms with van der Waals surface area (Å²) < 4.78 is 32.2. The Balaban J connectivity index is 2.41. The Morgan fingerprint density at radius 3 is 2.29 bits per heavy atom. The number of nitrogens with zero attached hydrogens (tertiary/aromatic N) is 2. The number of methoxy groups -OCH3 is 1. The molecule has 1 atom stereocenters. The van der Waals surface area contributed by atoms with Crippen LogP contribution in [0, 0.1) is 0 Å². The number of sulfonamides is 1. The average molecular weight is 512 g/mol. The fourth-order valence-corrected chi connectivity index (χ4v) is 4.13. The predicted molar refractivity (Wildman–Crippen MR) is 123 cm³/mol.